The number of thioether (sulfide) groups is 1. The zero-order chi connectivity index (χ0) is 12.4. The van der Waals surface area contributed by atoms with Crippen LogP contribution in [0.25, 0.3) is 0 Å². The predicted octanol–water partition coefficient (Wildman–Crippen LogP) is 1.01. The summed E-state index contributed by atoms with van der Waals surface area (Å²) < 4.78 is 0. The van der Waals surface area contributed by atoms with Gasteiger partial charge in [-0.1, -0.05) is 6.92 Å². The van der Waals surface area contributed by atoms with E-state index < -0.39 is 0 Å². The van der Waals surface area contributed by atoms with E-state index >= 15 is 0 Å². The molecule has 4 nitrogen and oxygen atoms in total. The molecule has 5 heteroatoms. The van der Waals surface area contributed by atoms with Crippen LogP contribution in [-0.4, -0.2) is 46.3 Å². The van der Waals surface area contributed by atoms with Gasteiger partial charge in [0, 0.05) is 17.8 Å². The Labute approximate surface area is 106 Å². The zero-order valence-electron chi connectivity index (χ0n) is 10.4. The van der Waals surface area contributed by atoms with Crippen molar-refractivity contribution in [3.05, 3.63) is 0 Å². The molecule has 1 saturated carbocycles. The van der Waals surface area contributed by atoms with Gasteiger partial charge in [0.2, 0.25) is 11.8 Å². The van der Waals surface area contributed by atoms with Crippen molar-refractivity contribution in [2.45, 2.75) is 51.2 Å². The van der Waals surface area contributed by atoms with Gasteiger partial charge in [-0.15, -0.1) is 0 Å². The first kappa shape index (κ1) is 12.9. The number of rotatable bonds is 6. The third-order valence-corrected chi connectivity index (χ3v) is 4.30. The van der Waals surface area contributed by atoms with Crippen molar-refractivity contribution >= 4 is 23.6 Å². The minimum atomic E-state index is -0.282. The number of amides is 2. The lowest BCUT2D eigenvalue weighted by Gasteiger charge is -2.18. The van der Waals surface area contributed by atoms with Gasteiger partial charge in [-0.25, -0.2) is 0 Å². The molecule has 2 rings (SSSR count). The fraction of sp³-hybridized carbons (Fsp3) is 0.833. The maximum atomic E-state index is 12.0. The average Bonchev–Trinajstić information content (AvgIpc) is 3.06. The third-order valence-electron chi connectivity index (χ3n) is 3.15. The van der Waals surface area contributed by atoms with Crippen molar-refractivity contribution in [2.75, 3.05) is 11.5 Å². The van der Waals surface area contributed by atoms with Crippen LogP contribution in [0.1, 0.15) is 33.1 Å². The number of carbonyl (C=O) groups is 2. The Bertz CT molecular complexity index is 318. The van der Waals surface area contributed by atoms with Gasteiger partial charge < -0.3 is 5.32 Å². The summed E-state index contributed by atoms with van der Waals surface area (Å²) in [5.41, 5.74) is 0. The summed E-state index contributed by atoms with van der Waals surface area (Å²) in [6.07, 6.45) is 2.33. The SMILES string of the molecule is CCSCC(C)NC1CC(=O)N(C2CC2)C1=O. The van der Waals surface area contributed by atoms with E-state index in [0.29, 0.717) is 6.42 Å². The monoisotopic (exact) mass is 256 g/mol. The molecule has 1 heterocycles. The molecule has 1 aliphatic heterocycles. The van der Waals surface area contributed by atoms with Crippen LogP contribution in [-0.2, 0) is 9.59 Å². The molecule has 1 N–H and O–H groups in total. The second-order valence-electron chi connectivity index (χ2n) is 4.82. The summed E-state index contributed by atoms with van der Waals surface area (Å²) in [6, 6.07) is 0.207. The number of hydrogen-bond donors (Lipinski definition) is 1. The second kappa shape index (κ2) is 5.40. The number of nitrogens with one attached hydrogen (secondary N) is 1. The van der Waals surface area contributed by atoms with Crippen molar-refractivity contribution < 1.29 is 9.59 Å². The molecule has 0 spiro atoms. The largest absolute Gasteiger partial charge is 0.302 e. The average molecular weight is 256 g/mol. The highest BCUT2D eigenvalue weighted by Gasteiger charge is 2.46. The Balaban J connectivity index is 1.85. The maximum absolute atomic E-state index is 12.0. The van der Waals surface area contributed by atoms with E-state index in [9.17, 15) is 9.59 Å². The quantitative estimate of drug-likeness (QED) is 0.721. The first-order chi connectivity index (χ1) is 8.13. The summed E-state index contributed by atoms with van der Waals surface area (Å²) in [5.74, 6) is 2.06. The van der Waals surface area contributed by atoms with Crippen LogP contribution in [0.2, 0.25) is 0 Å². The van der Waals surface area contributed by atoms with E-state index in [2.05, 4.69) is 19.2 Å². The normalized spacial score (nSPS) is 26.7. The van der Waals surface area contributed by atoms with Gasteiger partial charge in [-0.2, -0.15) is 11.8 Å². The molecule has 0 aromatic rings. The fourth-order valence-electron chi connectivity index (χ4n) is 2.18. The van der Waals surface area contributed by atoms with Gasteiger partial charge in [-0.05, 0) is 25.5 Å². The molecule has 17 heavy (non-hydrogen) atoms. The molecule has 0 bridgehead atoms. The van der Waals surface area contributed by atoms with Gasteiger partial charge in [0.05, 0.1) is 12.5 Å². The number of carbonyl (C=O) groups excluding carboxylic acids is 2. The number of imide groups is 1. The molecule has 1 aliphatic carbocycles. The van der Waals surface area contributed by atoms with Crippen molar-refractivity contribution in [1.29, 1.82) is 0 Å². The van der Waals surface area contributed by atoms with Gasteiger partial charge in [0.15, 0.2) is 0 Å². The minimum Gasteiger partial charge on any atom is -0.302 e. The predicted molar refractivity (Wildman–Crippen MR) is 68.9 cm³/mol. The van der Waals surface area contributed by atoms with Crippen LogP contribution in [0, 0.1) is 0 Å². The van der Waals surface area contributed by atoms with Crippen LogP contribution in [0.4, 0.5) is 0 Å². The van der Waals surface area contributed by atoms with Crippen LogP contribution in [0.3, 0.4) is 0 Å². The van der Waals surface area contributed by atoms with E-state index in [1.807, 2.05) is 11.8 Å². The maximum Gasteiger partial charge on any atom is 0.247 e. The molecule has 2 unspecified atom stereocenters. The molecule has 0 radical (unpaired) electrons. The van der Waals surface area contributed by atoms with E-state index in [4.69, 9.17) is 0 Å². The molecule has 2 fully saturated rings. The Morgan fingerprint density at radius 2 is 2.18 bits per heavy atom. The van der Waals surface area contributed by atoms with Crippen molar-refractivity contribution in [2.24, 2.45) is 0 Å². The lowest BCUT2D eigenvalue weighted by Crippen LogP contribution is -2.44. The molecule has 96 valence electrons. The third kappa shape index (κ3) is 3.01. The van der Waals surface area contributed by atoms with E-state index in [1.165, 1.54) is 4.90 Å². The highest BCUT2D eigenvalue weighted by molar-refractivity contribution is 7.99. The summed E-state index contributed by atoms with van der Waals surface area (Å²) in [5, 5.41) is 3.27. The van der Waals surface area contributed by atoms with Gasteiger partial charge in [0.25, 0.3) is 0 Å². The second-order valence-corrected chi connectivity index (χ2v) is 6.14. The summed E-state index contributed by atoms with van der Waals surface area (Å²) in [6.45, 7) is 4.19. The molecular formula is C12H20N2O2S. The summed E-state index contributed by atoms with van der Waals surface area (Å²) in [4.78, 5) is 25.3. The van der Waals surface area contributed by atoms with E-state index in [1.54, 1.807) is 0 Å². The fourth-order valence-corrected chi connectivity index (χ4v) is 2.87. The lowest BCUT2D eigenvalue weighted by atomic mass is 10.2. The summed E-state index contributed by atoms with van der Waals surface area (Å²) in [7, 11) is 0. The zero-order valence-corrected chi connectivity index (χ0v) is 11.3. The van der Waals surface area contributed by atoms with Gasteiger partial charge >= 0.3 is 0 Å². The Morgan fingerprint density at radius 3 is 2.76 bits per heavy atom. The van der Waals surface area contributed by atoms with Crippen LogP contribution in [0.15, 0.2) is 0 Å². The van der Waals surface area contributed by atoms with Crippen molar-refractivity contribution in [3.8, 4) is 0 Å². The molecule has 2 atom stereocenters. The van der Waals surface area contributed by atoms with E-state index in [0.717, 1.165) is 24.3 Å². The number of hydrogen-bond acceptors (Lipinski definition) is 4. The van der Waals surface area contributed by atoms with Gasteiger partial charge in [-0.3, -0.25) is 14.5 Å². The Morgan fingerprint density at radius 1 is 1.47 bits per heavy atom. The Kier molecular flexibility index (Phi) is 4.09. The standard InChI is InChI=1S/C12H20N2O2S/c1-3-17-7-8(2)13-10-6-11(15)14(12(10)16)9-4-5-9/h8-10,13H,3-7H2,1-2H3. The number of likely N-dealkylation sites (tertiary alicyclic amines) is 1. The van der Waals surface area contributed by atoms with Gasteiger partial charge in [0.1, 0.15) is 0 Å². The highest BCUT2D eigenvalue weighted by atomic mass is 32.2. The van der Waals surface area contributed by atoms with E-state index in [-0.39, 0.29) is 29.9 Å². The molecule has 2 aliphatic rings. The lowest BCUT2D eigenvalue weighted by molar-refractivity contribution is -0.139. The van der Waals surface area contributed by atoms with Crippen molar-refractivity contribution in [3.63, 3.8) is 0 Å². The van der Waals surface area contributed by atoms with Crippen LogP contribution < -0.4 is 5.32 Å². The molecule has 1 saturated heterocycles. The minimum absolute atomic E-state index is 0.00495. The topological polar surface area (TPSA) is 49.4 Å². The first-order valence-electron chi connectivity index (χ1n) is 6.33. The van der Waals surface area contributed by atoms with Crippen LogP contribution in [0.5, 0.6) is 0 Å². The van der Waals surface area contributed by atoms with Crippen LogP contribution >= 0.6 is 11.8 Å². The smallest absolute Gasteiger partial charge is 0.247 e. The summed E-state index contributed by atoms with van der Waals surface area (Å²) >= 11 is 1.85. The number of nitrogens with zero attached hydrogens (tertiary/aromatic N) is 1. The molecule has 0 aromatic heterocycles. The molecule has 2 amide bonds. The van der Waals surface area contributed by atoms with Crippen molar-refractivity contribution in [1.82, 2.24) is 10.2 Å². The molecular weight excluding hydrogens is 236 g/mol. The molecule has 0 aromatic carbocycles. The Hall–Kier alpha value is -0.550. The first-order valence-corrected chi connectivity index (χ1v) is 7.48. The highest BCUT2D eigenvalue weighted by Crippen LogP contribution is 2.31.